The van der Waals surface area contributed by atoms with Crippen molar-refractivity contribution >= 4 is 11.6 Å². The van der Waals surface area contributed by atoms with E-state index in [-0.39, 0.29) is 24.8 Å². The number of carbonyl (C=O) groups excluding carboxylic acids is 1. The molecule has 1 amide bonds. The first-order valence-electron chi connectivity index (χ1n) is 9.50. The molecule has 29 heavy (non-hydrogen) atoms. The minimum atomic E-state index is -4.47. The second kappa shape index (κ2) is 7.73. The molecule has 0 aliphatic heterocycles. The van der Waals surface area contributed by atoms with E-state index < -0.39 is 11.9 Å². The number of hydrogen-bond acceptors (Lipinski definition) is 2. The SMILES string of the molecule is O=C(CCn1nc(C(F)(F)F)cc1C1CC1)Nc1ccc(-c2ccccc2)cc1. The molecule has 2 aromatic carbocycles. The molecule has 1 aromatic heterocycles. The molecule has 0 saturated heterocycles. The molecule has 0 spiro atoms. The van der Waals surface area contributed by atoms with Gasteiger partial charge in [-0.3, -0.25) is 9.48 Å². The van der Waals surface area contributed by atoms with E-state index in [2.05, 4.69) is 10.4 Å². The van der Waals surface area contributed by atoms with Gasteiger partial charge < -0.3 is 5.32 Å². The van der Waals surface area contributed by atoms with Crippen LogP contribution in [0.2, 0.25) is 0 Å². The van der Waals surface area contributed by atoms with Crippen molar-refractivity contribution in [2.75, 3.05) is 5.32 Å². The number of alkyl halides is 3. The molecule has 1 saturated carbocycles. The first kappa shape index (κ1) is 19.2. The summed E-state index contributed by atoms with van der Waals surface area (Å²) in [7, 11) is 0. The Morgan fingerprint density at radius 3 is 2.31 bits per heavy atom. The van der Waals surface area contributed by atoms with Crippen molar-refractivity contribution in [3.05, 3.63) is 72.1 Å². The van der Waals surface area contributed by atoms with Gasteiger partial charge in [-0.1, -0.05) is 42.5 Å². The third-order valence-corrected chi connectivity index (χ3v) is 4.92. The molecule has 0 radical (unpaired) electrons. The van der Waals surface area contributed by atoms with Crippen molar-refractivity contribution in [3.63, 3.8) is 0 Å². The molecule has 7 heteroatoms. The molecular formula is C22H20F3N3O. The van der Waals surface area contributed by atoms with Gasteiger partial charge in [0.05, 0.1) is 0 Å². The van der Waals surface area contributed by atoms with Gasteiger partial charge in [-0.25, -0.2) is 0 Å². The highest BCUT2D eigenvalue weighted by atomic mass is 19.4. The predicted molar refractivity (Wildman–Crippen MR) is 104 cm³/mol. The monoisotopic (exact) mass is 399 g/mol. The highest BCUT2D eigenvalue weighted by Crippen LogP contribution is 2.42. The van der Waals surface area contributed by atoms with Crippen LogP contribution in [-0.2, 0) is 17.5 Å². The number of benzene rings is 2. The number of aryl methyl sites for hydroxylation is 1. The van der Waals surface area contributed by atoms with E-state index in [1.54, 1.807) is 0 Å². The van der Waals surface area contributed by atoms with Crippen LogP contribution in [0.15, 0.2) is 60.7 Å². The number of halogens is 3. The Kier molecular flexibility index (Phi) is 5.13. The highest BCUT2D eigenvalue weighted by molar-refractivity contribution is 5.90. The van der Waals surface area contributed by atoms with Gasteiger partial charge in [0.15, 0.2) is 5.69 Å². The molecule has 150 valence electrons. The van der Waals surface area contributed by atoms with E-state index >= 15 is 0 Å². The molecule has 4 rings (SSSR count). The molecule has 1 fully saturated rings. The summed E-state index contributed by atoms with van der Waals surface area (Å²) in [4.78, 5) is 12.3. The Balaban J connectivity index is 1.37. The fourth-order valence-corrected chi connectivity index (χ4v) is 3.26. The number of amides is 1. The zero-order valence-corrected chi connectivity index (χ0v) is 15.6. The van der Waals surface area contributed by atoms with Crippen LogP contribution in [0.3, 0.4) is 0 Å². The van der Waals surface area contributed by atoms with Gasteiger partial charge >= 0.3 is 6.18 Å². The zero-order chi connectivity index (χ0) is 20.4. The summed E-state index contributed by atoms with van der Waals surface area (Å²) in [6.45, 7) is 0.121. The van der Waals surface area contributed by atoms with Crippen LogP contribution in [0.1, 0.15) is 36.6 Å². The summed E-state index contributed by atoms with van der Waals surface area (Å²) in [5, 5.41) is 6.47. The summed E-state index contributed by atoms with van der Waals surface area (Å²) in [5.74, 6) is -0.143. The summed E-state index contributed by atoms with van der Waals surface area (Å²) in [5.41, 5.74) is 2.44. The van der Waals surface area contributed by atoms with Gasteiger partial charge in [0.2, 0.25) is 5.91 Å². The van der Waals surface area contributed by atoms with Crippen LogP contribution >= 0.6 is 0 Å². The number of hydrogen-bond donors (Lipinski definition) is 1. The molecule has 3 aromatic rings. The summed E-state index contributed by atoms with van der Waals surface area (Å²) in [6.07, 6.45) is -2.69. The third-order valence-electron chi connectivity index (χ3n) is 4.92. The average Bonchev–Trinajstić information content (AvgIpc) is 3.45. The molecule has 0 unspecified atom stereocenters. The molecule has 1 N–H and O–H groups in total. The van der Waals surface area contributed by atoms with Gasteiger partial charge in [0.25, 0.3) is 0 Å². The Morgan fingerprint density at radius 2 is 1.69 bits per heavy atom. The van der Waals surface area contributed by atoms with Crippen LogP contribution in [0.4, 0.5) is 18.9 Å². The Labute approximate surface area is 166 Å². The molecule has 1 aliphatic rings. The predicted octanol–water partition coefficient (Wildman–Crippen LogP) is 5.48. The van der Waals surface area contributed by atoms with Crippen molar-refractivity contribution in [3.8, 4) is 11.1 Å². The maximum atomic E-state index is 13.0. The fraction of sp³-hybridized carbons (Fsp3) is 0.273. The molecule has 1 heterocycles. The topological polar surface area (TPSA) is 46.9 Å². The summed E-state index contributed by atoms with van der Waals surface area (Å²) < 4.78 is 40.2. The summed E-state index contributed by atoms with van der Waals surface area (Å²) in [6, 6.07) is 18.4. The van der Waals surface area contributed by atoms with Gasteiger partial charge in [0, 0.05) is 30.3 Å². The largest absolute Gasteiger partial charge is 0.435 e. The van der Waals surface area contributed by atoms with Crippen molar-refractivity contribution in [2.45, 2.75) is 37.9 Å². The molecule has 0 bridgehead atoms. The maximum absolute atomic E-state index is 13.0. The fourth-order valence-electron chi connectivity index (χ4n) is 3.26. The number of carbonyl (C=O) groups is 1. The number of nitrogens with one attached hydrogen (secondary N) is 1. The lowest BCUT2D eigenvalue weighted by molar-refractivity contribution is -0.141. The first-order chi connectivity index (χ1) is 13.9. The minimum Gasteiger partial charge on any atom is -0.326 e. The average molecular weight is 399 g/mol. The van der Waals surface area contributed by atoms with Gasteiger partial charge in [0.1, 0.15) is 0 Å². The molecule has 0 atom stereocenters. The zero-order valence-electron chi connectivity index (χ0n) is 15.6. The summed E-state index contributed by atoms with van der Waals surface area (Å²) >= 11 is 0. The molecule has 4 nitrogen and oxygen atoms in total. The van der Waals surface area contributed by atoms with Crippen molar-refractivity contribution in [1.82, 2.24) is 9.78 Å². The Morgan fingerprint density at radius 1 is 1.03 bits per heavy atom. The number of anilines is 1. The van der Waals surface area contributed by atoms with E-state index in [1.807, 2.05) is 54.6 Å². The third kappa shape index (κ3) is 4.67. The molecule has 1 aliphatic carbocycles. The maximum Gasteiger partial charge on any atom is 0.435 e. The van der Waals surface area contributed by atoms with E-state index in [0.717, 1.165) is 30.0 Å². The van der Waals surface area contributed by atoms with Crippen LogP contribution in [0.25, 0.3) is 11.1 Å². The first-order valence-corrected chi connectivity index (χ1v) is 9.50. The van der Waals surface area contributed by atoms with E-state index in [1.165, 1.54) is 4.68 Å². The molecular weight excluding hydrogens is 379 g/mol. The van der Waals surface area contributed by atoms with Crippen molar-refractivity contribution in [2.24, 2.45) is 0 Å². The van der Waals surface area contributed by atoms with Crippen LogP contribution in [-0.4, -0.2) is 15.7 Å². The second-order valence-corrected chi connectivity index (χ2v) is 7.19. The van der Waals surface area contributed by atoms with Crippen molar-refractivity contribution < 1.29 is 18.0 Å². The minimum absolute atomic E-state index is 0.0547. The standard InChI is InChI=1S/C22H20F3N3O/c23-22(24,25)20-14-19(17-6-7-17)28(27-20)13-12-21(29)26-18-10-8-16(9-11-18)15-4-2-1-3-5-15/h1-5,8-11,14,17H,6-7,12-13H2,(H,26,29). The lowest BCUT2D eigenvalue weighted by Gasteiger charge is -2.09. The van der Waals surface area contributed by atoms with Gasteiger partial charge in [-0.15, -0.1) is 0 Å². The number of rotatable bonds is 6. The van der Waals surface area contributed by atoms with Crippen LogP contribution in [0.5, 0.6) is 0 Å². The van der Waals surface area contributed by atoms with E-state index in [4.69, 9.17) is 0 Å². The van der Waals surface area contributed by atoms with Crippen LogP contribution in [0, 0.1) is 0 Å². The lowest BCUT2D eigenvalue weighted by atomic mass is 10.1. The van der Waals surface area contributed by atoms with Gasteiger partial charge in [-0.05, 0) is 42.2 Å². The quantitative estimate of drug-likeness (QED) is 0.597. The van der Waals surface area contributed by atoms with E-state index in [9.17, 15) is 18.0 Å². The van der Waals surface area contributed by atoms with Crippen LogP contribution < -0.4 is 5.32 Å². The number of aromatic nitrogens is 2. The van der Waals surface area contributed by atoms with E-state index in [0.29, 0.717) is 11.4 Å². The second-order valence-electron chi connectivity index (χ2n) is 7.19. The Bertz CT molecular complexity index is 990. The highest BCUT2D eigenvalue weighted by Gasteiger charge is 2.37. The lowest BCUT2D eigenvalue weighted by Crippen LogP contribution is -2.16. The van der Waals surface area contributed by atoms with Crippen molar-refractivity contribution in [1.29, 1.82) is 0 Å². The number of nitrogens with zero attached hydrogens (tertiary/aromatic N) is 2. The van der Waals surface area contributed by atoms with Gasteiger partial charge in [-0.2, -0.15) is 18.3 Å². The normalized spacial score (nSPS) is 14.0. The Hall–Kier alpha value is -3.09. The smallest absolute Gasteiger partial charge is 0.326 e.